The van der Waals surface area contributed by atoms with Gasteiger partial charge in [-0.15, -0.1) is 0 Å². The highest BCUT2D eigenvalue weighted by molar-refractivity contribution is 5.46. The first-order chi connectivity index (χ1) is 11.2. The molecule has 1 atom stereocenters. The van der Waals surface area contributed by atoms with E-state index in [2.05, 4.69) is 24.1 Å². The molecule has 2 rings (SSSR count). The van der Waals surface area contributed by atoms with Gasteiger partial charge in [0.2, 0.25) is 0 Å². The predicted octanol–water partition coefficient (Wildman–Crippen LogP) is 3.26. The van der Waals surface area contributed by atoms with Crippen molar-refractivity contribution in [1.29, 1.82) is 0 Å². The lowest BCUT2D eigenvalue weighted by Crippen LogP contribution is -2.25. The summed E-state index contributed by atoms with van der Waals surface area (Å²) in [6.45, 7) is 0.860. The normalized spacial score (nSPS) is 12.2. The molecule has 0 aliphatic heterocycles. The van der Waals surface area contributed by atoms with Gasteiger partial charge in [-0.25, -0.2) is 0 Å². The number of methoxy groups -OCH3 is 2. The molecule has 23 heavy (non-hydrogen) atoms. The maximum atomic E-state index is 9.42. The van der Waals surface area contributed by atoms with E-state index in [9.17, 15) is 5.11 Å². The molecular formula is C19H25NO3. The van der Waals surface area contributed by atoms with Crippen molar-refractivity contribution >= 4 is 0 Å². The number of benzene rings is 2. The Morgan fingerprint density at radius 1 is 1.00 bits per heavy atom. The summed E-state index contributed by atoms with van der Waals surface area (Å²) < 4.78 is 10.9. The van der Waals surface area contributed by atoms with Gasteiger partial charge < -0.3 is 14.6 Å². The molecule has 0 fully saturated rings. The first-order valence-corrected chi connectivity index (χ1v) is 7.77. The van der Waals surface area contributed by atoms with Gasteiger partial charge in [-0.2, -0.15) is 0 Å². The highest BCUT2D eigenvalue weighted by atomic mass is 16.5. The molecule has 0 saturated heterocycles. The van der Waals surface area contributed by atoms with Crippen molar-refractivity contribution in [1.82, 2.24) is 4.90 Å². The molecule has 0 amide bonds. The zero-order chi connectivity index (χ0) is 16.7. The second-order valence-electron chi connectivity index (χ2n) is 5.51. The minimum atomic E-state index is 0.150. The molecule has 0 aliphatic carbocycles. The number of para-hydroxylation sites is 1. The lowest BCUT2D eigenvalue weighted by molar-refractivity contribution is 0.178. The molecule has 4 heteroatoms. The van der Waals surface area contributed by atoms with E-state index in [1.165, 1.54) is 5.56 Å². The van der Waals surface area contributed by atoms with Crippen LogP contribution >= 0.6 is 0 Å². The zero-order valence-electron chi connectivity index (χ0n) is 14.0. The van der Waals surface area contributed by atoms with Crippen LogP contribution in [0.25, 0.3) is 0 Å². The third-order valence-electron chi connectivity index (χ3n) is 4.02. The van der Waals surface area contributed by atoms with Crippen LogP contribution in [0.2, 0.25) is 0 Å². The molecule has 124 valence electrons. The summed E-state index contributed by atoms with van der Waals surface area (Å²) in [5.74, 6) is 1.49. The molecular weight excluding hydrogens is 290 g/mol. The van der Waals surface area contributed by atoms with Crippen molar-refractivity contribution < 1.29 is 14.6 Å². The summed E-state index contributed by atoms with van der Waals surface area (Å²) in [6.07, 6.45) is 0.687. The quantitative estimate of drug-likeness (QED) is 0.812. The van der Waals surface area contributed by atoms with E-state index in [1.807, 2.05) is 36.4 Å². The van der Waals surface area contributed by atoms with E-state index in [4.69, 9.17) is 9.47 Å². The van der Waals surface area contributed by atoms with E-state index < -0.39 is 0 Å². The van der Waals surface area contributed by atoms with Crippen LogP contribution in [0.5, 0.6) is 11.5 Å². The topological polar surface area (TPSA) is 41.9 Å². The minimum absolute atomic E-state index is 0.150. The number of aliphatic hydroxyl groups is 1. The fourth-order valence-electron chi connectivity index (χ4n) is 2.90. The molecule has 2 aromatic carbocycles. The van der Waals surface area contributed by atoms with Crippen LogP contribution < -0.4 is 9.47 Å². The fraction of sp³-hybridized carbons (Fsp3) is 0.368. The van der Waals surface area contributed by atoms with Gasteiger partial charge >= 0.3 is 0 Å². The Bertz CT molecular complexity index is 601. The van der Waals surface area contributed by atoms with Crippen molar-refractivity contribution in [3.05, 3.63) is 59.7 Å². The molecule has 0 saturated carbocycles. The smallest absolute Gasteiger partial charge is 0.165 e. The van der Waals surface area contributed by atoms with Crippen LogP contribution in [0.1, 0.15) is 23.6 Å². The number of ether oxygens (including phenoxy) is 2. The number of hydrogen-bond donors (Lipinski definition) is 1. The molecule has 1 N–H and O–H groups in total. The third kappa shape index (κ3) is 4.24. The van der Waals surface area contributed by atoms with Crippen LogP contribution in [0.4, 0.5) is 0 Å². The average molecular weight is 315 g/mol. The van der Waals surface area contributed by atoms with Gasteiger partial charge in [-0.3, -0.25) is 4.90 Å². The zero-order valence-corrected chi connectivity index (χ0v) is 14.0. The van der Waals surface area contributed by atoms with Crippen LogP contribution in [0.15, 0.2) is 48.5 Å². The Labute approximate surface area is 138 Å². The van der Waals surface area contributed by atoms with Crippen molar-refractivity contribution in [3.8, 4) is 11.5 Å². The predicted molar refractivity (Wildman–Crippen MR) is 91.9 cm³/mol. The molecule has 4 nitrogen and oxygen atoms in total. The second-order valence-corrected chi connectivity index (χ2v) is 5.51. The Hall–Kier alpha value is -2.04. The first-order valence-electron chi connectivity index (χ1n) is 7.77. The van der Waals surface area contributed by atoms with Crippen LogP contribution in [0.3, 0.4) is 0 Å². The van der Waals surface area contributed by atoms with E-state index in [-0.39, 0.29) is 12.6 Å². The summed E-state index contributed by atoms with van der Waals surface area (Å²) in [5, 5.41) is 9.42. The monoisotopic (exact) mass is 315 g/mol. The fourth-order valence-corrected chi connectivity index (χ4v) is 2.90. The summed E-state index contributed by atoms with van der Waals surface area (Å²) in [7, 11) is 5.36. The number of rotatable bonds is 8. The van der Waals surface area contributed by atoms with Crippen LogP contribution in [-0.4, -0.2) is 37.9 Å². The van der Waals surface area contributed by atoms with E-state index in [0.29, 0.717) is 13.0 Å². The Morgan fingerprint density at radius 3 is 2.35 bits per heavy atom. The number of aliphatic hydroxyl groups excluding tert-OH is 1. The van der Waals surface area contributed by atoms with Gasteiger partial charge in [-0.1, -0.05) is 42.5 Å². The second kappa shape index (κ2) is 8.56. The molecule has 0 aliphatic rings. The summed E-state index contributed by atoms with van der Waals surface area (Å²) >= 11 is 0. The Kier molecular flexibility index (Phi) is 6.44. The average Bonchev–Trinajstić information content (AvgIpc) is 2.60. The van der Waals surface area contributed by atoms with Gasteiger partial charge in [-0.05, 0) is 25.1 Å². The molecule has 0 radical (unpaired) electrons. The number of hydrogen-bond acceptors (Lipinski definition) is 4. The van der Waals surface area contributed by atoms with Crippen LogP contribution in [-0.2, 0) is 6.54 Å². The van der Waals surface area contributed by atoms with Crippen molar-refractivity contribution in [3.63, 3.8) is 0 Å². The largest absolute Gasteiger partial charge is 0.493 e. The first kappa shape index (κ1) is 17.3. The maximum Gasteiger partial charge on any atom is 0.165 e. The van der Waals surface area contributed by atoms with Crippen molar-refractivity contribution in [2.45, 2.75) is 19.0 Å². The summed E-state index contributed by atoms with van der Waals surface area (Å²) in [4.78, 5) is 2.23. The molecule has 0 spiro atoms. The SMILES string of the molecule is COc1cccc(CN(C)C(CCO)c2ccccc2)c1OC. The Balaban J connectivity index is 2.24. The Morgan fingerprint density at radius 2 is 1.74 bits per heavy atom. The maximum absolute atomic E-state index is 9.42. The molecule has 0 aromatic heterocycles. The van der Waals surface area contributed by atoms with E-state index in [1.54, 1.807) is 14.2 Å². The van der Waals surface area contributed by atoms with Crippen LogP contribution in [0, 0.1) is 0 Å². The highest BCUT2D eigenvalue weighted by Crippen LogP contribution is 2.33. The van der Waals surface area contributed by atoms with Gasteiger partial charge in [0.05, 0.1) is 14.2 Å². The van der Waals surface area contributed by atoms with Gasteiger partial charge in [0, 0.05) is 24.8 Å². The van der Waals surface area contributed by atoms with Gasteiger partial charge in [0.1, 0.15) is 0 Å². The van der Waals surface area contributed by atoms with Gasteiger partial charge in [0.25, 0.3) is 0 Å². The lowest BCUT2D eigenvalue weighted by atomic mass is 10.0. The van der Waals surface area contributed by atoms with Crippen molar-refractivity contribution in [2.24, 2.45) is 0 Å². The lowest BCUT2D eigenvalue weighted by Gasteiger charge is -2.29. The number of nitrogens with zero attached hydrogens (tertiary/aromatic N) is 1. The molecule has 1 unspecified atom stereocenters. The van der Waals surface area contributed by atoms with Gasteiger partial charge in [0.15, 0.2) is 11.5 Å². The standard InChI is InChI=1S/C19H25NO3/c1-20(17(12-13-21)15-8-5-4-6-9-15)14-16-10-7-11-18(22-2)19(16)23-3/h4-11,17,21H,12-14H2,1-3H3. The molecule has 0 heterocycles. The van der Waals surface area contributed by atoms with E-state index in [0.717, 1.165) is 17.1 Å². The highest BCUT2D eigenvalue weighted by Gasteiger charge is 2.19. The summed E-state index contributed by atoms with van der Waals surface area (Å²) in [6, 6.07) is 16.3. The minimum Gasteiger partial charge on any atom is -0.493 e. The molecule has 2 aromatic rings. The summed E-state index contributed by atoms with van der Waals surface area (Å²) in [5.41, 5.74) is 2.26. The van der Waals surface area contributed by atoms with Crippen molar-refractivity contribution in [2.75, 3.05) is 27.9 Å². The van der Waals surface area contributed by atoms with E-state index >= 15 is 0 Å². The molecule has 0 bridgehead atoms. The third-order valence-corrected chi connectivity index (χ3v) is 4.02.